The second kappa shape index (κ2) is 8.05. The molecule has 1 fully saturated rings. The molecule has 3 atom stereocenters. The van der Waals surface area contributed by atoms with Crippen LogP contribution in [0.25, 0.3) is 0 Å². The van der Waals surface area contributed by atoms with Crippen LogP contribution in [0.3, 0.4) is 0 Å². The van der Waals surface area contributed by atoms with E-state index in [9.17, 15) is 4.79 Å². The summed E-state index contributed by atoms with van der Waals surface area (Å²) in [7, 11) is 0. The van der Waals surface area contributed by atoms with Gasteiger partial charge in [-0.1, -0.05) is 26.7 Å². The average Bonchev–Trinajstić information content (AvgIpc) is 2.36. The summed E-state index contributed by atoms with van der Waals surface area (Å²) in [6, 6.07) is 0.760. The lowest BCUT2D eigenvalue weighted by Gasteiger charge is -2.31. The van der Waals surface area contributed by atoms with Crippen LogP contribution in [0.1, 0.15) is 46.5 Å². The molecule has 0 bridgehead atoms. The maximum absolute atomic E-state index is 11.8. The molecule has 0 aliphatic heterocycles. The molecule has 3 nitrogen and oxygen atoms in total. The molecular weight excluding hydrogens is 244 g/mol. The maximum atomic E-state index is 11.8. The van der Waals surface area contributed by atoms with Crippen molar-refractivity contribution < 1.29 is 4.79 Å². The summed E-state index contributed by atoms with van der Waals surface area (Å²) in [6.07, 6.45) is 7.28. The zero-order valence-electron chi connectivity index (χ0n) is 12.2. The van der Waals surface area contributed by atoms with Crippen molar-refractivity contribution in [3.05, 3.63) is 0 Å². The Morgan fingerprint density at radius 1 is 1.28 bits per heavy atom. The lowest BCUT2D eigenvalue weighted by atomic mass is 9.95. The highest BCUT2D eigenvalue weighted by Crippen LogP contribution is 2.26. The fraction of sp³-hybridized carbons (Fsp3) is 0.929. The van der Waals surface area contributed by atoms with Crippen LogP contribution in [0.4, 0.5) is 0 Å². The van der Waals surface area contributed by atoms with Crippen molar-refractivity contribution >= 4 is 17.7 Å². The normalized spacial score (nSPS) is 26.1. The Morgan fingerprint density at radius 3 is 2.56 bits per heavy atom. The van der Waals surface area contributed by atoms with E-state index < -0.39 is 0 Å². The molecule has 3 unspecified atom stereocenters. The van der Waals surface area contributed by atoms with Crippen LogP contribution in [-0.4, -0.2) is 36.0 Å². The van der Waals surface area contributed by atoms with Gasteiger partial charge in [0.05, 0.1) is 6.54 Å². The Kier molecular flexibility index (Phi) is 7.08. The Hall–Kier alpha value is -0.220. The number of hydrogen-bond donors (Lipinski definition) is 2. The van der Waals surface area contributed by atoms with Crippen LogP contribution < -0.4 is 10.6 Å². The lowest BCUT2D eigenvalue weighted by Crippen LogP contribution is -2.47. The van der Waals surface area contributed by atoms with E-state index in [4.69, 9.17) is 0 Å². The molecule has 4 heteroatoms. The molecule has 1 amide bonds. The van der Waals surface area contributed by atoms with Crippen molar-refractivity contribution in [2.24, 2.45) is 5.92 Å². The fourth-order valence-corrected chi connectivity index (χ4v) is 3.27. The molecule has 1 saturated carbocycles. The van der Waals surface area contributed by atoms with Crippen LogP contribution in [0.2, 0.25) is 0 Å². The second-order valence-corrected chi connectivity index (χ2v) is 6.72. The third-order valence-electron chi connectivity index (χ3n) is 3.92. The first-order chi connectivity index (χ1) is 8.54. The van der Waals surface area contributed by atoms with Gasteiger partial charge in [0.15, 0.2) is 0 Å². The summed E-state index contributed by atoms with van der Waals surface area (Å²) in [6.45, 7) is 6.78. The third kappa shape index (κ3) is 5.19. The standard InChI is InChI=1S/C14H28N2OS/c1-10(2)11(3)16-14(17)9-15-12-7-5-6-8-13(12)18-4/h10-13,15H,5-9H2,1-4H3,(H,16,17). The van der Waals surface area contributed by atoms with Gasteiger partial charge in [-0.15, -0.1) is 0 Å². The van der Waals surface area contributed by atoms with Crippen LogP contribution in [-0.2, 0) is 4.79 Å². The zero-order chi connectivity index (χ0) is 13.5. The molecule has 0 spiro atoms. The summed E-state index contributed by atoms with van der Waals surface area (Å²) in [5.41, 5.74) is 0. The van der Waals surface area contributed by atoms with Crippen LogP contribution in [0.5, 0.6) is 0 Å². The van der Waals surface area contributed by atoms with E-state index in [0.29, 0.717) is 23.8 Å². The Morgan fingerprint density at radius 2 is 1.94 bits per heavy atom. The van der Waals surface area contributed by atoms with E-state index in [-0.39, 0.29) is 11.9 Å². The van der Waals surface area contributed by atoms with E-state index in [0.717, 1.165) is 0 Å². The Labute approximate surface area is 116 Å². The SMILES string of the molecule is CSC1CCCCC1NCC(=O)NC(C)C(C)C. The van der Waals surface area contributed by atoms with E-state index in [2.05, 4.69) is 37.7 Å². The molecular formula is C14H28N2OS. The molecule has 0 aromatic heterocycles. The Balaban J connectivity index is 2.28. The predicted octanol–water partition coefficient (Wildman–Crippen LogP) is 2.41. The minimum atomic E-state index is 0.127. The number of amides is 1. The summed E-state index contributed by atoms with van der Waals surface area (Å²) >= 11 is 1.93. The first-order valence-electron chi connectivity index (χ1n) is 7.10. The molecule has 0 aromatic rings. The van der Waals surface area contributed by atoms with E-state index >= 15 is 0 Å². The highest BCUT2D eigenvalue weighted by molar-refractivity contribution is 7.99. The van der Waals surface area contributed by atoms with Gasteiger partial charge >= 0.3 is 0 Å². The van der Waals surface area contributed by atoms with E-state index in [1.165, 1.54) is 25.7 Å². The summed E-state index contributed by atoms with van der Waals surface area (Å²) < 4.78 is 0. The lowest BCUT2D eigenvalue weighted by molar-refractivity contribution is -0.121. The van der Waals surface area contributed by atoms with Crippen molar-refractivity contribution in [2.45, 2.75) is 63.8 Å². The summed E-state index contributed by atoms with van der Waals surface area (Å²) in [5, 5.41) is 7.15. The van der Waals surface area contributed by atoms with Gasteiger partial charge in [-0.05, 0) is 31.9 Å². The van der Waals surface area contributed by atoms with Gasteiger partial charge in [-0.2, -0.15) is 11.8 Å². The summed E-state index contributed by atoms with van der Waals surface area (Å²) in [4.78, 5) is 11.8. The maximum Gasteiger partial charge on any atom is 0.234 e. The van der Waals surface area contributed by atoms with Gasteiger partial charge in [0, 0.05) is 17.3 Å². The monoisotopic (exact) mass is 272 g/mol. The molecule has 0 aromatic carbocycles. The van der Waals surface area contributed by atoms with Gasteiger partial charge in [0.1, 0.15) is 0 Å². The average molecular weight is 272 g/mol. The van der Waals surface area contributed by atoms with Crippen molar-refractivity contribution in [3.8, 4) is 0 Å². The molecule has 18 heavy (non-hydrogen) atoms. The first kappa shape index (κ1) is 15.8. The van der Waals surface area contributed by atoms with Crippen molar-refractivity contribution in [1.82, 2.24) is 10.6 Å². The van der Waals surface area contributed by atoms with Gasteiger partial charge in [-0.3, -0.25) is 4.79 Å². The number of nitrogens with one attached hydrogen (secondary N) is 2. The molecule has 0 radical (unpaired) electrons. The molecule has 1 aliphatic rings. The minimum Gasteiger partial charge on any atom is -0.352 e. The van der Waals surface area contributed by atoms with Crippen molar-refractivity contribution in [3.63, 3.8) is 0 Å². The quantitative estimate of drug-likeness (QED) is 0.780. The first-order valence-corrected chi connectivity index (χ1v) is 8.39. The van der Waals surface area contributed by atoms with Crippen LogP contribution in [0.15, 0.2) is 0 Å². The molecule has 0 heterocycles. The second-order valence-electron chi connectivity index (χ2n) is 5.65. The van der Waals surface area contributed by atoms with Crippen molar-refractivity contribution in [1.29, 1.82) is 0 Å². The third-order valence-corrected chi connectivity index (χ3v) is 5.09. The highest BCUT2D eigenvalue weighted by atomic mass is 32.2. The van der Waals surface area contributed by atoms with Gasteiger partial charge in [0.25, 0.3) is 0 Å². The predicted molar refractivity (Wildman–Crippen MR) is 80.0 cm³/mol. The summed E-state index contributed by atoms with van der Waals surface area (Å²) in [5.74, 6) is 0.615. The number of carbonyl (C=O) groups excluding carboxylic acids is 1. The van der Waals surface area contributed by atoms with Crippen LogP contribution >= 0.6 is 11.8 Å². The number of thioether (sulfide) groups is 1. The minimum absolute atomic E-state index is 0.127. The van der Waals surface area contributed by atoms with Crippen LogP contribution in [0, 0.1) is 5.92 Å². The highest BCUT2D eigenvalue weighted by Gasteiger charge is 2.24. The van der Waals surface area contributed by atoms with Gasteiger partial charge in [-0.25, -0.2) is 0 Å². The molecule has 2 N–H and O–H groups in total. The molecule has 106 valence electrons. The topological polar surface area (TPSA) is 41.1 Å². The fourth-order valence-electron chi connectivity index (χ4n) is 2.31. The Bertz CT molecular complexity index is 258. The van der Waals surface area contributed by atoms with E-state index in [1.54, 1.807) is 0 Å². The molecule has 0 saturated heterocycles. The number of rotatable bonds is 6. The molecule has 1 rings (SSSR count). The number of carbonyl (C=O) groups is 1. The van der Waals surface area contributed by atoms with E-state index in [1.807, 2.05) is 11.8 Å². The largest absolute Gasteiger partial charge is 0.352 e. The zero-order valence-corrected chi connectivity index (χ0v) is 13.0. The van der Waals surface area contributed by atoms with Gasteiger partial charge < -0.3 is 10.6 Å². The molecule has 1 aliphatic carbocycles. The number of hydrogen-bond acceptors (Lipinski definition) is 3. The smallest absolute Gasteiger partial charge is 0.234 e. The van der Waals surface area contributed by atoms with Gasteiger partial charge in [0.2, 0.25) is 5.91 Å². The van der Waals surface area contributed by atoms with Crippen molar-refractivity contribution in [2.75, 3.05) is 12.8 Å².